The summed E-state index contributed by atoms with van der Waals surface area (Å²) in [6.45, 7) is 1.83. The van der Waals surface area contributed by atoms with E-state index in [4.69, 9.17) is 9.84 Å². The van der Waals surface area contributed by atoms with E-state index in [1.807, 2.05) is 19.0 Å². The third-order valence-corrected chi connectivity index (χ3v) is 3.09. The zero-order valence-electron chi connectivity index (χ0n) is 10.3. The van der Waals surface area contributed by atoms with Crippen molar-refractivity contribution in [3.63, 3.8) is 0 Å². The van der Waals surface area contributed by atoms with E-state index in [-0.39, 0.29) is 6.54 Å². The Kier molecular flexibility index (Phi) is 5.18. The molecular formula is C11H22N2O3. The number of hydrogen-bond donors (Lipinski definition) is 1. The number of hydrogen-bond acceptors (Lipinski definition) is 4. The fourth-order valence-corrected chi connectivity index (χ4v) is 1.92. The molecule has 0 heterocycles. The van der Waals surface area contributed by atoms with Gasteiger partial charge in [0, 0.05) is 26.2 Å². The third kappa shape index (κ3) is 4.08. The van der Waals surface area contributed by atoms with Crippen LogP contribution >= 0.6 is 0 Å². The van der Waals surface area contributed by atoms with Crippen molar-refractivity contribution >= 4 is 5.97 Å². The molecule has 1 N–H and O–H groups in total. The third-order valence-electron chi connectivity index (χ3n) is 3.09. The number of methoxy groups -OCH3 is 1. The molecule has 1 aliphatic rings. The lowest BCUT2D eigenvalue weighted by atomic mass is 9.87. The van der Waals surface area contributed by atoms with Crippen molar-refractivity contribution < 1.29 is 14.6 Å². The van der Waals surface area contributed by atoms with Crippen LogP contribution in [-0.2, 0) is 9.53 Å². The monoisotopic (exact) mass is 230 g/mol. The van der Waals surface area contributed by atoms with Gasteiger partial charge in [0.1, 0.15) is 0 Å². The molecule has 0 aromatic carbocycles. The molecule has 0 unspecified atom stereocenters. The summed E-state index contributed by atoms with van der Waals surface area (Å²) in [5.74, 6) is -0.750. The van der Waals surface area contributed by atoms with Crippen LogP contribution in [0.25, 0.3) is 0 Å². The lowest BCUT2D eigenvalue weighted by Crippen LogP contribution is -2.51. The first kappa shape index (κ1) is 13.4. The van der Waals surface area contributed by atoms with Crippen LogP contribution in [0, 0.1) is 0 Å². The highest BCUT2D eigenvalue weighted by Crippen LogP contribution is 2.27. The number of carboxylic acids is 1. The van der Waals surface area contributed by atoms with E-state index in [1.165, 1.54) is 0 Å². The standard InChI is InChI=1S/C11H22N2O3/c1-12(2)4-5-13(8-11(14)15)9-6-10(7-9)16-3/h9-10H,4-8H2,1-3H3,(H,14,15). The molecule has 16 heavy (non-hydrogen) atoms. The Morgan fingerprint density at radius 2 is 2.00 bits per heavy atom. The SMILES string of the molecule is COC1CC(N(CCN(C)C)CC(=O)O)C1. The smallest absolute Gasteiger partial charge is 0.317 e. The van der Waals surface area contributed by atoms with Gasteiger partial charge in [-0.3, -0.25) is 9.69 Å². The quantitative estimate of drug-likeness (QED) is 0.673. The van der Waals surface area contributed by atoms with Gasteiger partial charge < -0.3 is 14.7 Å². The second-order valence-electron chi connectivity index (χ2n) is 4.65. The summed E-state index contributed by atoms with van der Waals surface area (Å²) in [5.41, 5.74) is 0. The van der Waals surface area contributed by atoms with Crippen molar-refractivity contribution in [1.82, 2.24) is 9.80 Å². The highest BCUT2D eigenvalue weighted by molar-refractivity contribution is 5.69. The first-order valence-electron chi connectivity index (χ1n) is 5.66. The van der Waals surface area contributed by atoms with Crippen LogP contribution in [0.5, 0.6) is 0 Å². The van der Waals surface area contributed by atoms with Crippen molar-refractivity contribution in [1.29, 1.82) is 0 Å². The molecule has 5 nitrogen and oxygen atoms in total. The fraction of sp³-hybridized carbons (Fsp3) is 0.909. The van der Waals surface area contributed by atoms with Crippen LogP contribution in [0.2, 0.25) is 0 Å². The van der Waals surface area contributed by atoms with Gasteiger partial charge in [-0.2, -0.15) is 0 Å². The Balaban J connectivity index is 2.36. The number of carboxylic acid groups (broad SMARTS) is 1. The molecule has 1 saturated carbocycles. The normalized spacial score (nSPS) is 24.8. The van der Waals surface area contributed by atoms with E-state index in [0.29, 0.717) is 12.1 Å². The molecule has 1 rings (SSSR count). The van der Waals surface area contributed by atoms with Gasteiger partial charge in [0.2, 0.25) is 0 Å². The molecule has 5 heteroatoms. The predicted octanol–water partition coefficient (Wildman–Crippen LogP) is 0.112. The molecule has 0 bridgehead atoms. The summed E-state index contributed by atoms with van der Waals surface area (Å²) >= 11 is 0. The summed E-state index contributed by atoms with van der Waals surface area (Å²) in [5, 5.41) is 8.85. The number of likely N-dealkylation sites (N-methyl/N-ethyl adjacent to an activating group) is 1. The average molecular weight is 230 g/mol. The van der Waals surface area contributed by atoms with Crippen LogP contribution in [0.15, 0.2) is 0 Å². The number of nitrogens with zero attached hydrogens (tertiary/aromatic N) is 2. The summed E-state index contributed by atoms with van der Waals surface area (Å²) in [7, 11) is 5.71. The number of ether oxygens (including phenoxy) is 1. The first-order chi connectivity index (χ1) is 7.52. The number of carbonyl (C=O) groups is 1. The van der Waals surface area contributed by atoms with Gasteiger partial charge in [0.25, 0.3) is 0 Å². The van der Waals surface area contributed by atoms with Crippen LogP contribution < -0.4 is 0 Å². The lowest BCUT2D eigenvalue weighted by molar-refractivity contribution is -0.140. The largest absolute Gasteiger partial charge is 0.480 e. The molecule has 1 fully saturated rings. The molecule has 0 aromatic rings. The Hall–Kier alpha value is -0.650. The van der Waals surface area contributed by atoms with Crippen LogP contribution in [0.1, 0.15) is 12.8 Å². The summed E-state index contributed by atoms with van der Waals surface area (Å²) in [4.78, 5) is 14.9. The van der Waals surface area contributed by atoms with Crippen LogP contribution in [-0.4, -0.2) is 73.9 Å². The van der Waals surface area contributed by atoms with E-state index in [0.717, 1.165) is 25.9 Å². The van der Waals surface area contributed by atoms with Crippen molar-refractivity contribution in [2.45, 2.75) is 25.0 Å². The second-order valence-corrected chi connectivity index (χ2v) is 4.65. The maximum atomic E-state index is 10.8. The second kappa shape index (κ2) is 6.18. The highest BCUT2D eigenvalue weighted by atomic mass is 16.5. The minimum absolute atomic E-state index is 0.134. The lowest BCUT2D eigenvalue weighted by Gasteiger charge is -2.41. The van der Waals surface area contributed by atoms with Gasteiger partial charge in [0.05, 0.1) is 12.6 Å². The van der Waals surface area contributed by atoms with E-state index >= 15 is 0 Å². The van der Waals surface area contributed by atoms with Crippen LogP contribution in [0.4, 0.5) is 0 Å². The van der Waals surface area contributed by atoms with Gasteiger partial charge in [-0.25, -0.2) is 0 Å². The zero-order valence-corrected chi connectivity index (χ0v) is 10.3. The molecule has 0 saturated heterocycles. The molecule has 1 aliphatic carbocycles. The molecular weight excluding hydrogens is 208 g/mol. The van der Waals surface area contributed by atoms with Gasteiger partial charge >= 0.3 is 5.97 Å². The first-order valence-corrected chi connectivity index (χ1v) is 5.66. The van der Waals surface area contributed by atoms with Gasteiger partial charge in [-0.15, -0.1) is 0 Å². The molecule has 0 aliphatic heterocycles. The Bertz CT molecular complexity index is 227. The van der Waals surface area contributed by atoms with E-state index < -0.39 is 5.97 Å². The zero-order chi connectivity index (χ0) is 12.1. The fourth-order valence-electron chi connectivity index (χ4n) is 1.92. The summed E-state index contributed by atoms with van der Waals surface area (Å²) in [6, 6.07) is 0.376. The summed E-state index contributed by atoms with van der Waals surface area (Å²) in [6.07, 6.45) is 2.23. The van der Waals surface area contributed by atoms with E-state index in [1.54, 1.807) is 7.11 Å². The van der Waals surface area contributed by atoms with Crippen molar-refractivity contribution in [2.75, 3.05) is 40.8 Å². The van der Waals surface area contributed by atoms with Crippen molar-refractivity contribution in [2.24, 2.45) is 0 Å². The maximum Gasteiger partial charge on any atom is 0.317 e. The predicted molar refractivity (Wildman–Crippen MR) is 61.6 cm³/mol. The average Bonchev–Trinajstić information content (AvgIpc) is 2.11. The summed E-state index contributed by atoms with van der Waals surface area (Å²) < 4.78 is 5.21. The molecule has 0 atom stereocenters. The van der Waals surface area contributed by atoms with Crippen molar-refractivity contribution in [3.05, 3.63) is 0 Å². The minimum atomic E-state index is -0.750. The van der Waals surface area contributed by atoms with Gasteiger partial charge in [-0.1, -0.05) is 0 Å². The molecule has 0 radical (unpaired) electrons. The van der Waals surface area contributed by atoms with Crippen LogP contribution in [0.3, 0.4) is 0 Å². The van der Waals surface area contributed by atoms with E-state index in [2.05, 4.69) is 4.90 Å². The number of aliphatic carboxylic acids is 1. The topological polar surface area (TPSA) is 53.0 Å². The van der Waals surface area contributed by atoms with E-state index in [9.17, 15) is 4.79 Å². The molecule has 0 aromatic heterocycles. The molecule has 0 amide bonds. The number of rotatable bonds is 7. The Morgan fingerprint density at radius 1 is 1.38 bits per heavy atom. The van der Waals surface area contributed by atoms with Gasteiger partial charge in [0.15, 0.2) is 0 Å². The maximum absolute atomic E-state index is 10.8. The molecule has 0 spiro atoms. The van der Waals surface area contributed by atoms with Gasteiger partial charge in [-0.05, 0) is 26.9 Å². The Labute approximate surface area is 97.0 Å². The highest BCUT2D eigenvalue weighted by Gasteiger charge is 2.34. The van der Waals surface area contributed by atoms with Crippen molar-refractivity contribution in [3.8, 4) is 0 Å². The molecule has 94 valence electrons. The minimum Gasteiger partial charge on any atom is -0.480 e. The Morgan fingerprint density at radius 3 is 2.44 bits per heavy atom.